The van der Waals surface area contributed by atoms with Crippen molar-refractivity contribution in [1.29, 1.82) is 0 Å². The van der Waals surface area contributed by atoms with E-state index in [1.54, 1.807) is 0 Å². The predicted molar refractivity (Wildman–Crippen MR) is 159 cm³/mol. The number of piperidine rings is 2. The zero-order valence-electron chi connectivity index (χ0n) is 24.1. The number of fused-ring (bicyclic) bond motifs is 1. The number of carbonyl (C=O) groups excluding carboxylic acids is 2. The van der Waals surface area contributed by atoms with Gasteiger partial charge in [-0.2, -0.15) is 0 Å². The molecule has 5 rings (SSSR count). The number of likely N-dealkylation sites (tertiary alicyclic amines) is 2. The average Bonchev–Trinajstić information content (AvgIpc) is 3.33. The van der Waals surface area contributed by atoms with Gasteiger partial charge in [-0.1, -0.05) is 17.7 Å². The van der Waals surface area contributed by atoms with Crippen LogP contribution in [0.25, 0.3) is 11.0 Å². The fourth-order valence-corrected chi connectivity index (χ4v) is 5.17. The smallest absolute Gasteiger partial charge is 0.372 e. The van der Waals surface area contributed by atoms with Gasteiger partial charge in [0.1, 0.15) is 17.9 Å². The zero-order chi connectivity index (χ0) is 31.3. The number of amides is 2. The highest BCUT2D eigenvalue weighted by atomic mass is 35.5. The van der Waals surface area contributed by atoms with E-state index in [2.05, 4.69) is 34.0 Å². The van der Waals surface area contributed by atoms with E-state index in [0.717, 1.165) is 0 Å². The van der Waals surface area contributed by atoms with E-state index >= 15 is 0 Å². The Morgan fingerprint density at radius 3 is 2.37 bits per heavy atom. The Morgan fingerprint density at radius 2 is 1.79 bits per heavy atom. The van der Waals surface area contributed by atoms with Gasteiger partial charge in [0.05, 0.1) is 16.1 Å². The molecule has 0 radical (unpaired) electrons. The lowest BCUT2D eigenvalue weighted by Gasteiger charge is -2.32. The summed E-state index contributed by atoms with van der Waals surface area (Å²) in [6.07, 6.45) is 2.82. The normalized spacial score (nSPS) is 17.4. The molecule has 232 valence electrons. The lowest BCUT2D eigenvalue weighted by Crippen LogP contribution is -2.42. The van der Waals surface area contributed by atoms with Crippen molar-refractivity contribution in [2.45, 2.75) is 64.1 Å². The standard InChI is InChI=1S/C21H18ClF2N5O4.C8H18N2/c22-12-4-5-15(25-10-12)26-16(30)11-29-14-3-1-2-13(17(14)27-18(29)20(32)33)19(31)28-8-6-21(23,24)7-9-28;1-7(2)10-5-3-8(9)4-6-10/h1-5,10H,6-9,11H2,(H,32,33)(H,25,26,30);7-8H,3-6,9H2,1-2H3. The molecule has 0 unspecified atom stereocenters. The number of halogens is 3. The third-order valence-electron chi connectivity index (χ3n) is 7.58. The number of para-hydroxylation sites is 1. The van der Waals surface area contributed by atoms with Crippen LogP contribution < -0.4 is 11.1 Å². The van der Waals surface area contributed by atoms with Gasteiger partial charge < -0.3 is 30.5 Å². The number of alkyl halides is 2. The Labute approximate surface area is 253 Å². The molecular weight excluding hydrogens is 584 g/mol. The number of imidazole rings is 1. The summed E-state index contributed by atoms with van der Waals surface area (Å²) < 4.78 is 28.1. The molecule has 4 N–H and O–H groups in total. The highest BCUT2D eigenvalue weighted by molar-refractivity contribution is 6.30. The summed E-state index contributed by atoms with van der Waals surface area (Å²) in [6, 6.07) is 8.71. The largest absolute Gasteiger partial charge is 0.475 e. The number of carboxylic acids is 1. The molecule has 11 nitrogen and oxygen atoms in total. The summed E-state index contributed by atoms with van der Waals surface area (Å²) in [5.41, 5.74) is 6.18. The number of nitrogens with two attached hydrogens (primary N) is 1. The van der Waals surface area contributed by atoms with Crippen molar-refractivity contribution < 1.29 is 28.3 Å². The number of aromatic carboxylic acids is 1. The summed E-state index contributed by atoms with van der Waals surface area (Å²) in [5, 5.41) is 12.5. The Morgan fingerprint density at radius 1 is 1.12 bits per heavy atom. The third-order valence-corrected chi connectivity index (χ3v) is 7.81. The van der Waals surface area contributed by atoms with Gasteiger partial charge in [0.25, 0.3) is 11.8 Å². The first-order valence-corrected chi connectivity index (χ1v) is 14.5. The first-order chi connectivity index (χ1) is 20.3. The molecule has 0 atom stereocenters. The van der Waals surface area contributed by atoms with Crippen LogP contribution in [0.4, 0.5) is 14.6 Å². The summed E-state index contributed by atoms with van der Waals surface area (Å²) >= 11 is 5.77. The van der Waals surface area contributed by atoms with E-state index in [0.29, 0.717) is 17.1 Å². The van der Waals surface area contributed by atoms with Gasteiger partial charge in [-0.3, -0.25) is 9.59 Å². The Kier molecular flexibility index (Phi) is 10.3. The van der Waals surface area contributed by atoms with Crippen LogP contribution in [-0.2, 0) is 11.3 Å². The second kappa shape index (κ2) is 13.7. The molecular formula is C29H36ClF2N7O4. The Hall–Kier alpha value is -3.68. The quantitative estimate of drug-likeness (QED) is 0.374. The SMILES string of the molecule is CC(C)N1CCC(N)CC1.O=C(Cn1c(C(=O)O)nc2c(C(=O)N3CCC(F)(F)CC3)cccc21)Nc1ccc(Cl)cn1. The highest BCUT2D eigenvalue weighted by Crippen LogP contribution is 2.29. The van der Waals surface area contributed by atoms with E-state index in [4.69, 9.17) is 17.3 Å². The molecule has 2 saturated heterocycles. The van der Waals surface area contributed by atoms with Crippen molar-refractivity contribution in [2.24, 2.45) is 5.73 Å². The number of aromatic nitrogens is 3. The summed E-state index contributed by atoms with van der Waals surface area (Å²) in [7, 11) is 0. The van der Waals surface area contributed by atoms with Gasteiger partial charge in [0.15, 0.2) is 0 Å². The number of nitrogens with one attached hydrogen (secondary N) is 1. The van der Waals surface area contributed by atoms with E-state index < -0.39 is 48.9 Å². The molecule has 2 aromatic heterocycles. The fraction of sp³-hybridized carbons (Fsp3) is 0.483. The van der Waals surface area contributed by atoms with Crippen LogP contribution in [0.5, 0.6) is 0 Å². The van der Waals surface area contributed by atoms with Gasteiger partial charge in [-0.15, -0.1) is 0 Å². The van der Waals surface area contributed by atoms with E-state index in [-0.39, 0.29) is 35.5 Å². The van der Waals surface area contributed by atoms with E-state index in [1.165, 1.54) is 71.9 Å². The molecule has 2 aliphatic heterocycles. The number of benzene rings is 1. The molecule has 14 heteroatoms. The second-order valence-corrected chi connectivity index (χ2v) is 11.5. The maximum Gasteiger partial charge on any atom is 0.372 e. The number of carboxylic acid groups (broad SMARTS) is 1. The lowest BCUT2D eigenvalue weighted by atomic mass is 10.0. The summed E-state index contributed by atoms with van der Waals surface area (Å²) in [5.74, 6) is -5.50. The number of pyridine rings is 1. The van der Waals surface area contributed by atoms with Gasteiger partial charge in [-0.25, -0.2) is 23.5 Å². The maximum atomic E-state index is 13.5. The zero-order valence-corrected chi connectivity index (χ0v) is 24.9. The van der Waals surface area contributed by atoms with Crippen molar-refractivity contribution in [3.63, 3.8) is 0 Å². The number of rotatable bonds is 6. The lowest BCUT2D eigenvalue weighted by molar-refractivity contribution is -0.116. The second-order valence-electron chi connectivity index (χ2n) is 11.0. The van der Waals surface area contributed by atoms with E-state index in [9.17, 15) is 28.3 Å². The Bertz CT molecular complexity index is 1450. The summed E-state index contributed by atoms with van der Waals surface area (Å²) in [6.45, 7) is 6.23. The molecule has 0 saturated carbocycles. The van der Waals surface area contributed by atoms with Crippen LogP contribution in [-0.4, -0.2) is 91.4 Å². The highest BCUT2D eigenvalue weighted by Gasteiger charge is 2.36. The average molecular weight is 620 g/mol. The van der Waals surface area contributed by atoms with Crippen LogP contribution in [0, 0.1) is 0 Å². The number of nitrogens with zero attached hydrogens (tertiary/aromatic N) is 5. The van der Waals surface area contributed by atoms with Crippen LogP contribution in [0.1, 0.15) is 60.5 Å². The molecule has 0 bridgehead atoms. The van der Waals surface area contributed by atoms with Crippen molar-refractivity contribution in [3.05, 3.63) is 52.9 Å². The van der Waals surface area contributed by atoms with Gasteiger partial charge in [0, 0.05) is 44.2 Å². The van der Waals surface area contributed by atoms with Gasteiger partial charge in [-0.05, 0) is 64.0 Å². The molecule has 2 amide bonds. The van der Waals surface area contributed by atoms with Crippen molar-refractivity contribution in [3.8, 4) is 0 Å². The van der Waals surface area contributed by atoms with Crippen LogP contribution in [0.2, 0.25) is 5.02 Å². The monoisotopic (exact) mass is 619 g/mol. The molecule has 2 aliphatic rings. The minimum atomic E-state index is -2.81. The minimum Gasteiger partial charge on any atom is -0.475 e. The maximum absolute atomic E-state index is 13.5. The Balaban J connectivity index is 0.000000359. The number of anilines is 1. The number of hydrogen-bond donors (Lipinski definition) is 3. The molecule has 0 spiro atoms. The first kappa shape index (κ1) is 32.2. The van der Waals surface area contributed by atoms with Crippen LogP contribution >= 0.6 is 11.6 Å². The predicted octanol–water partition coefficient (Wildman–Crippen LogP) is 4.11. The third kappa shape index (κ3) is 8.24. The number of carbonyl (C=O) groups is 3. The van der Waals surface area contributed by atoms with E-state index in [1.807, 2.05) is 0 Å². The van der Waals surface area contributed by atoms with Gasteiger partial charge in [0.2, 0.25) is 11.7 Å². The number of hydrogen-bond acceptors (Lipinski definition) is 7. The molecule has 0 aliphatic carbocycles. The van der Waals surface area contributed by atoms with Crippen molar-refractivity contribution in [1.82, 2.24) is 24.3 Å². The topological polar surface area (TPSA) is 147 Å². The molecule has 4 heterocycles. The molecule has 3 aromatic rings. The van der Waals surface area contributed by atoms with Gasteiger partial charge >= 0.3 is 5.97 Å². The minimum absolute atomic E-state index is 0.0784. The summed E-state index contributed by atoms with van der Waals surface area (Å²) in [4.78, 5) is 49.2. The molecule has 2 fully saturated rings. The van der Waals surface area contributed by atoms with Crippen molar-refractivity contribution >= 4 is 46.2 Å². The van der Waals surface area contributed by atoms with Crippen LogP contribution in [0.15, 0.2) is 36.5 Å². The van der Waals surface area contributed by atoms with Crippen LogP contribution in [0.3, 0.4) is 0 Å². The van der Waals surface area contributed by atoms with Crippen molar-refractivity contribution in [2.75, 3.05) is 31.5 Å². The molecule has 43 heavy (non-hydrogen) atoms. The fourth-order valence-electron chi connectivity index (χ4n) is 5.06. The first-order valence-electron chi connectivity index (χ1n) is 14.2. The molecule has 1 aromatic carbocycles.